The number of nitrogens with zero attached hydrogens (tertiary/aromatic N) is 5. The first-order valence-electron chi connectivity index (χ1n) is 11.2. The molecule has 176 valence electrons. The van der Waals surface area contributed by atoms with Crippen LogP contribution in [0.4, 0.5) is 23.3 Å². The smallest absolute Gasteiger partial charge is 0.338 e. The zero-order valence-electron chi connectivity index (χ0n) is 19.1. The molecule has 0 spiro atoms. The summed E-state index contributed by atoms with van der Waals surface area (Å²) in [5.74, 6) is 2.06. The fourth-order valence-corrected chi connectivity index (χ4v) is 3.44. The Morgan fingerprint density at radius 1 is 0.971 bits per heavy atom. The molecule has 5 rings (SSSR count). The number of carbonyl (C=O) groups is 1. The molecule has 1 aromatic carbocycles. The number of aryl methyl sites for hydroxylation is 1. The number of aromatic nitrogens is 5. The summed E-state index contributed by atoms with van der Waals surface area (Å²) in [6.45, 7) is 4.11. The topological polar surface area (TPSA) is 127 Å². The molecule has 10 nitrogen and oxygen atoms in total. The highest BCUT2D eigenvalue weighted by Crippen LogP contribution is 2.20. The maximum Gasteiger partial charge on any atom is 0.338 e. The van der Waals surface area contributed by atoms with Gasteiger partial charge in [-0.15, -0.1) is 0 Å². The van der Waals surface area contributed by atoms with Crippen LogP contribution >= 0.6 is 0 Å². The minimum absolute atomic E-state index is 0.348. The minimum atomic E-state index is -0.348. The van der Waals surface area contributed by atoms with Gasteiger partial charge in [-0.3, -0.25) is 0 Å². The van der Waals surface area contributed by atoms with Gasteiger partial charge in [0.1, 0.15) is 17.3 Å². The van der Waals surface area contributed by atoms with E-state index in [0.717, 1.165) is 18.8 Å². The van der Waals surface area contributed by atoms with Crippen LogP contribution in [0.25, 0.3) is 11.5 Å². The first-order valence-corrected chi connectivity index (χ1v) is 11.2. The van der Waals surface area contributed by atoms with E-state index >= 15 is 0 Å². The molecule has 0 saturated carbocycles. The van der Waals surface area contributed by atoms with Crippen molar-refractivity contribution in [3.05, 3.63) is 78.2 Å². The first-order chi connectivity index (χ1) is 17.1. The molecule has 3 aromatic heterocycles. The number of hydrogen-bond acceptors (Lipinski definition) is 10. The lowest BCUT2D eigenvalue weighted by Crippen LogP contribution is -2.44. The summed E-state index contributed by atoms with van der Waals surface area (Å²) in [4.78, 5) is 34.5. The largest absolute Gasteiger partial charge is 0.462 e. The molecule has 1 aliphatic heterocycles. The third-order valence-corrected chi connectivity index (χ3v) is 5.36. The molecule has 0 radical (unpaired) electrons. The van der Waals surface area contributed by atoms with Gasteiger partial charge in [-0.05, 0) is 49.4 Å². The molecule has 35 heavy (non-hydrogen) atoms. The van der Waals surface area contributed by atoms with Gasteiger partial charge >= 0.3 is 5.97 Å². The van der Waals surface area contributed by atoms with Gasteiger partial charge in [-0.2, -0.15) is 4.98 Å². The molecule has 3 N–H and O–H groups in total. The summed E-state index contributed by atoms with van der Waals surface area (Å²) in [6.07, 6.45) is 3.30. The summed E-state index contributed by atoms with van der Waals surface area (Å²) in [5, 5.41) is 9.47. The highest BCUT2D eigenvalue weighted by molar-refractivity contribution is 5.90. The lowest BCUT2D eigenvalue weighted by atomic mass is 10.1. The second-order valence-corrected chi connectivity index (χ2v) is 8.15. The zero-order valence-corrected chi connectivity index (χ0v) is 19.1. The van der Waals surface area contributed by atoms with Crippen molar-refractivity contribution in [2.24, 2.45) is 5.92 Å². The highest BCUT2D eigenvalue weighted by atomic mass is 16.5. The van der Waals surface area contributed by atoms with Crippen LogP contribution in [-0.2, 0) is 4.74 Å². The van der Waals surface area contributed by atoms with E-state index < -0.39 is 0 Å². The van der Waals surface area contributed by atoms with Crippen LogP contribution in [0.3, 0.4) is 0 Å². The number of anilines is 4. The SMILES string of the molecule is Cc1cccc(-c2nccc(Nc3ccnc(Nc4cccc(C(=O)OCC5CNC5)c4)n3)n2)n1. The van der Waals surface area contributed by atoms with Gasteiger partial charge in [-0.1, -0.05) is 12.1 Å². The van der Waals surface area contributed by atoms with Gasteiger partial charge in [-0.25, -0.2) is 24.7 Å². The molecule has 0 bridgehead atoms. The Labute approximate surface area is 202 Å². The van der Waals surface area contributed by atoms with E-state index in [0.29, 0.717) is 52.9 Å². The molecule has 0 aliphatic carbocycles. The zero-order chi connectivity index (χ0) is 24.0. The molecule has 10 heteroatoms. The van der Waals surface area contributed by atoms with E-state index in [1.807, 2.05) is 31.2 Å². The van der Waals surface area contributed by atoms with Crippen LogP contribution < -0.4 is 16.0 Å². The normalized spacial score (nSPS) is 13.1. The average Bonchev–Trinajstić information content (AvgIpc) is 2.84. The Hall–Kier alpha value is -4.44. The van der Waals surface area contributed by atoms with Crippen LogP contribution in [0.1, 0.15) is 16.1 Å². The predicted octanol–water partition coefficient (Wildman–Crippen LogP) is 3.50. The van der Waals surface area contributed by atoms with Crippen molar-refractivity contribution in [3.8, 4) is 11.5 Å². The number of ether oxygens (including phenoxy) is 1. The monoisotopic (exact) mass is 468 g/mol. The average molecular weight is 469 g/mol. The van der Waals surface area contributed by atoms with Crippen LogP contribution in [0.2, 0.25) is 0 Å². The number of rotatable bonds is 8. The van der Waals surface area contributed by atoms with Crippen LogP contribution in [0, 0.1) is 12.8 Å². The number of pyridine rings is 1. The van der Waals surface area contributed by atoms with E-state index in [9.17, 15) is 4.79 Å². The quantitative estimate of drug-likeness (QED) is 0.331. The summed E-state index contributed by atoms with van der Waals surface area (Å²) >= 11 is 0. The highest BCUT2D eigenvalue weighted by Gasteiger charge is 2.19. The molecule has 4 heterocycles. The van der Waals surface area contributed by atoms with Crippen LogP contribution in [-0.4, -0.2) is 50.6 Å². The maximum absolute atomic E-state index is 12.4. The second-order valence-electron chi connectivity index (χ2n) is 8.15. The fraction of sp³-hybridized carbons (Fsp3) is 0.200. The third-order valence-electron chi connectivity index (χ3n) is 5.36. The van der Waals surface area contributed by atoms with Gasteiger partial charge < -0.3 is 20.7 Å². The Morgan fingerprint density at radius 2 is 1.77 bits per heavy atom. The van der Waals surface area contributed by atoms with Crippen LogP contribution in [0.5, 0.6) is 0 Å². The van der Waals surface area contributed by atoms with Crippen molar-refractivity contribution in [1.82, 2.24) is 30.2 Å². The first kappa shape index (κ1) is 22.4. The van der Waals surface area contributed by atoms with Crippen molar-refractivity contribution < 1.29 is 9.53 Å². The summed E-state index contributed by atoms with van der Waals surface area (Å²) in [5.41, 5.74) is 2.73. The molecule has 1 fully saturated rings. The van der Waals surface area contributed by atoms with Gasteiger partial charge in [0.2, 0.25) is 5.95 Å². The van der Waals surface area contributed by atoms with Crippen LogP contribution in [0.15, 0.2) is 67.0 Å². The van der Waals surface area contributed by atoms with Crippen molar-refractivity contribution in [1.29, 1.82) is 0 Å². The third kappa shape index (κ3) is 5.74. The Bertz CT molecular complexity index is 1340. The number of carbonyl (C=O) groups excluding carboxylic acids is 1. The van der Waals surface area contributed by atoms with Gasteiger partial charge in [0.05, 0.1) is 12.2 Å². The molecule has 1 aliphatic rings. The van der Waals surface area contributed by atoms with Crippen molar-refractivity contribution in [2.45, 2.75) is 6.92 Å². The summed E-state index contributed by atoms with van der Waals surface area (Å²) < 4.78 is 5.41. The number of nitrogens with one attached hydrogen (secondary N) is 3. The molecule has 4 aromatic rings. The maximum atomic E-state index is 12.4. The van der Waals surface area contributed by atoms with Crippen molar-refractivity contribution >= 4 is 29.2 Å². The number of benzene rings is 1. The summed E-state index contributed by atoms with van der Waals surface area (Å²) in [6, 6.07) is 16.3. The molecule has 0 unspecified atom stereocenters. The van der Waals surface area contributed by atoms with Gasteiger partial charge in [0.15, 0.2) is 5.82 Å². The standard InChI is InChI=1S/C25H24N8O2/c1-16-4-2-7-20(29-16)23-27-10-8-21(32-23)31-22-9-11-28-25(33-22)30-19-6-3-5-18(12-19)24(34)35-15-17-13-26-14-17/h2-12,17,26H,13-15H2,1H3,(H2,27,28,30,31,32,33). The van der Waals surface area contributed by atoms with E-state index in [2.05, 4.69) is 40.9 Å². The predicted molar refractivity (Wildman–Crippen MR) is 132 cm³/mol. The Balaban J connectivity index is 1.26. The van der Waals surface area contributed by atoms with E-state index in [1.54, 1.807) is 42.7 Å². The molecular formula is C25H24N8O2. The fourth-order valence-electron chi connectivity index (χ4n) is 3.44. The molecule has 0 amide bonds. The molecular weight excluding hydrogens is 444 g/mol. The number of hydrogen-bond donors (Lipinski definition) is 3. The van der Waals surface area contributed by atoms with E-state index in [4.69, 9.17) is 4.74 Å². The van der Waals surface area contributed by atoms with Crippen molar-refractivity contribution in [2.75, 3.05) is 30.3 Å². The minimum Gasteiger partial charge on any atom is -0.462 e. The van der Waals surface area contributed by atoms with Gasteiger partial charge in [0, 0.05) is 42.8 Å². The van der Waals surface area contributed by atoms with Gasteiger partial charge in [0.25, 0.3) is 0 Å². The Kier molecular flexibility index (Phi) is 6.53. The molecule has 1 saturated heterocycles. The second kappa shape index (κ2) is 10.2. The molecule has 0 atom stereocenters. The number of esters is 1. The van der Waals surface area contributed by atoms with E-state index in [-0.39, 0.29) is 5.97 Å². The Morgan fingerprint density at radius 3 is 2.57 bits per heavy atom. The lowest BCUT2D eigenvalue weighted by molar-refractivity contribution is 0.0398. The van der Waals surface area contributed by atoms with Crippen molar-refractivity contribution in [3.63, 3.8) is 0 Å². The van der Waals surface area contributed by atoms with E-state index in [1.165, 1.54) is 0 Å². The summed E-state index contributed by atoms with van der Waals surface area (Å²) in [7, 11) is 0. The lowest BCUT2D eigenvalue weighted by Gasteiger charge is -2.26.